The van der Waals surface area contributed by atoms with Gasteiger partial charge in [-0.3, -0.25) is 9.40 Å². The second-order valence-corrected chi connectivity index (χ2v) is 6.93. The molecule has 0 spiro atoms. The van der Waals surface area contributed by atoms with Gasteiger partial charge in [0.1, 0.15) is 0 Å². The van der Waals surface area contributed by atoms with Crippen LogP contribution in [0.25, 0.3) is 0 Å². The molecule has 9 heteroatoms. The van der Waals surface area contributed by atoms with Crippen LogP contribution in [0.5, 0.6) is 0 Å². The number of hydrogen-bond acceptors (Lipinski definition) is 4. The van der Waals surface area contributed by atoms with Crippen LogP contribution < -0.4 is 4.72 Å². The summed E-state index contributed by atoms with van der Waals surface area (Å²) >= 11 is 3.18. The molecule has 1 aromatic carbocycles. The van der Waals surface area contributed by atoms with E-state index in [4.69, 9.17) is 5.11 Å². The number of benzene rings is 1. The summed E-state index contributed by atoms with van der Waals surface area (Å²) in [5, 5.41) is 13.0. The second kappa shape index (κ2) is 5.49. The highest BCUT2D eigenvalue weighted by atomic mass is 79.9. The van der Waals surface area contributed by atoms with Crippen molar-refractivity contribution < 1.29 is 18.3 Å². The molecule has 2 aromatic rings. The van der Waals surface area contributed by atoms with E-state index in [1.807, 2.05) is 0 Å². The number of sulfonamides is 1. The Morgan fingerprint density at radius 1 is 1.43 bits per heavy atom. The standard InChI is InChI=1S/C12H12BrN3O4S/c1-7-10(12(17)18)3-9(4-11(7)13)21(19,20)15-8-5-14-16(2)6-8/h3-6,15H,1-2H3,(H,17,18). The molecule has 0 aliphatic rings. The van der Waals surface area contributed by atoms with Crippen molar-refractivity contribution in [2.75, 3.05) is 4.72 Å². The van der Waals surface area contributed by atoms with Crippen molar-refractivity contribution in [3.8, 4) is 0 Å². The Kier molecular flexibility index (Phi) is 4.06. The van der Waals surface area contributed by atoms with Crippen molar-refractivity contribution in [3.05, 3.63) is 40.1 Å². The van der Waals surface area contributed by atoms with Crippen LogP contribution in [0.15, 0.2) is 33.9 Å². The van der Waals surface area contributed by atoms with Crippen molar-refractivity contribution in [1.82, 2.24) is 9.78 Å². The summed E-state index contributed by atoms with van der Waals surface area (Å²) in [5.41, 5.74) is 0.685. The fraction of sp³-hybridized carbons (Fsp3) is 0.167. The lowest BCUT2D eigenvalue weighted by atomic mass is 10.1. The molecule has 0 atom stereocenters. The average molecular weight is 374 g/mol. The zero-order valence-electron chi connectivity index (χ0n) is 11.2. The Labute approximate surface area is 129 Å². The van der Waals surface area contributed by atoms with Crippen LogP contribution in [-0.4, -0.2) is 29.3 Å². The molecule has 21 heavy (non-hydrogen) atoms. The molecule has 0 bridgehead atoms. The lowest BCUT2D eigenvalue weighted by Gasteiger charge is -2.10. The minimum atomic E-state index is -3.89. The van der Waals surface area contributed by atoms with Crippen molar-refractivity contribution in [3.63, 3.8) is 0 Å². The number of aromatic carboxylic acids is 1. The van der Waals surface area contributed by atoms with E-state index >= 15 is 0 Å². The van der Waals surface area contributed by atoms with Gasteiger partial charge in [-0.15, -0.1) is 0 Å². The van der Waals surface area contributed by atoms with Gasteiger partial charge < -0.3 is 5.11 Å². The van der Waals surface area contributed by atoms with Crippen molar-refractivity contribution in [1.29, 1.82) is 0 Å². The Bertz CT molecular complexity index is 814. The molecule has 7 nitrogen and oxygen atoms in total. The smallest absolute Gasteiger partial charge is 0.336 e. The maximum absolute atomic E-state index is 12.3. The molecule has 0 saturated heterocycles. The third kappa shape index (κ3) is 3.24. The van der Waals surface area contributed by atoms with Crippen molar-refractivity contribution in [2.45, 2.75) is 11.8 Å². The number of aromatic nitrogens is 2. The molecule has 0 radical (unpaired) electrons. The fourth-order valence-corrected chi connectivity index (χ4v) is 3.41. The number of carboxylic acids is 1. The van der Waals surface area contributed by atoms with Gasteiger partial charge in [-0.1, -0.05) is 15.9 Å². The molecule has 2 rings (SSSR count). The quantitative estimate of drug-likeness (QED) is 0.852. The summed E-state index contributed by atoms with van der Waals surface area (Å²) in [7, 11) is -2.24. The predicted molar refractivity (Wildman–Crippen MR) is 79.9 cm³/mol. The molecule has 1 heterocycles. The SMILES string of the molecule is Cc1c(Br)cc(S(=O)(=O)Nc2cnn(C)c2)cc1C(=O)O. The van der Waals surface area contributed by atoms with E-state index in [0.717, 1.165) is 6.07 Å². The van der Waals surface area contributed by atoms with E-state index in [1.54, 1.807) is 14.0 Å². The summed E-state index contributed by atoms with van der Waals surface area (Å²) in [5.74, 6) is -1.19. The average Bonchev–Trinajstić information content (AvgIpc) is 2.76. The molecular formula is C12H12BrN3O4S. The van der Waals surface area contributed by atoms with Gasteiger partial charge in [0.2, 0.25) is 0 Å². The molecule has 0 aliphatic heterocycles. The highest BCUT2D eigenvalue weighted by Crippen LogP contribution is 2.26. The summed E-state index contributed by atoms with van der Waals surface area (Å²) in [6, 6.07) is 2.49. The molecule has 0 fully saturated rings. The van der Waals surface area contributed by atoms with Gasteiger partial charge in [-0.25, -0.2) is 13.2 Å². The summed E-state index contributed by atoms with van der Waals surface area (Å²) < 4.78 is 28.8. The zero-order chi connectivity index (χ0) is 15.8. The van der Waals surface area contributed by atoms with Gasteiger partial charge >= 0.3 is 5.97 Å². The number of carboxylic acid groups (broad SMARTS) is 1. The maximum atomic E-state index is 12.3. The first kappa shape index (κ1) is 15.5. The topological polar surface area (TPSA) is 101 Å². The Morgan fingerprint density at radius 3 is 2.62 bits per heavy atom. The van der Waals surface area contributed by atoms with Crippen molar-refractivity contribution >= 4 is 37.6 Å². The fourth-order valence-electron chi connectivity index (χ4n) is 1.72. The van der Waals surface area contributed by atoms with Gasteiger partial charge in [0, 0.05) is 17.7 Å². The monoisotopic (exact) mass is 373 g/mol. The normalized spacial score (nSPS) is 11.4. The Morgan fingerprint density at radius 2 is 2.10 bits per heavy atom. The van der Waals surface area contributed by atoms with E-state index in [2.05, 4.69) is 25.8 Å². The number of anilines is 1. The van der Waals surface area contributed by atoms with E-state index in [9.17, 15) is 13.2 Å². The first-order chi connectivity index (χ1) is 9.70. The van der Waals surface area contributed by atoms with Crippen LogP contribution in [0.1, 0.15) is 15.9 Å². The molecule has 2 N–H and O–H groups in total. The van der Waals surface area contributed by atoms with Crippen LogP contribution in [0.4, 0.5) is 5.69 Å². The molecule has 112 valence electrons. The van der Waals surface area contributed by atoms with Crippen molar-refractivity contribution in [2.24, 2.45) is 7.05 Å². The highest BCUT2D eigenvalue weighted by molar-refractivity contribution is 9.10. The number of hydrogen-bond donors (Lipinski definition) is 2. The first-order valence-electron chi connectivity index (χ1n) is 5.75. The third-order valence-electron chi connectivity index (χ3n) is 2.82. The Balaban J connectivity index is 2.47. The largest absolute Gasteiger partial charge is 0.478 e. The Hall–Kier alpha value is -1.87. The number of nitrogens with zero attached hydrogens (tertiary/aromatic N) is 2. The number of halogens is 1. The van der Waals surface area contributed by atoms with Crippen LogP contribution in [0, 0.1) is 6.92 Å². The number of carbonyl (C=O) groups is 1. The van der Waals surface area contributed by atoms with Crippen LogP contribution in [0.2, 0.25) is 0 Å². The van der Waals surface area contributed by atoms with Gasteiger partial charge in [0.15, 0.2) is 0 Å². The highest BCUT2D eigenvalue weighted by Gasteiger charge is 2.20. The molecular weight excluding hydrogens is 362 g/mol. The number of aryl methyl sites for hydroxylation is 1. The second-order valence-electron chi connectivity index (χ2n) is 4.39. The van der Waals surface area contributed by atoms with Gasteiger partial charge in [0.05, 0.1) is 22.3 Å². The third-order valence-corrected chi connectivity index (χ3v) is 5.00. The summed E-state index contributed by atoms with van der Waals surface area (Å²) in [4.78, 5) is 11.0. The maximum Gasteiger partial charge on any atom is 0.336 e. The van der Waals surface area contributed by atoms with E-state index in [1.165, 1.54) is 23.1 Å². The minimum absolute atomic E-state index is 0.0732. The number of rotatable bonds is 4. The van der Waals surface area contributed by atoms with E-state index in [-0.39, 0.29) is 10.5 Å². The molecule has 0 unspecified atom stereocenters. The van der Waals surface area contributed by atoms with E-state index in [0.29, 0.717) is 15.7 Å². The zero-order valence-corrected chi connectivity index (χ0v) is 13.6. The van der Waals surface area contributed by atoms with Crippen LogP contribution in [-0.2, 0) is 17.1 Å². The van der Waals surface area contributed by atoms with E-state index < -0.39 is 16.0 Å². The van der Waals surface area contributed by atoms with Gasteiger partial charge in [-0.2, -0.15) is 5.10 Å². The minimum Gasteiger partial charge on any atom is -0.478 e. The lowest BCUT2D eigenvalue weighted by Crippen LogP contribution is -2.14. The molecule has 0 amide bonds. The molecule has 1 aromatic heterocycles. The molecule has 0 saturated carbocycles. The number of nitrogens with one attached hydrogen (secondary N) is 1. The van der Waals surface area contributed by atoms with Crippen LogP contribution in [0.3, 0.4) is 0 Å². The van der Waals surface area contributed by atoms with Crippen LogP contribution >= 0.6 is 15.9 Å². The molecule has 0 aliphatic carbocycles. The summed E-state index contributed by atoms with van der Waals surface area (Å²) in [6.07, 6.45) is 2.86. The van der Waals surface area contributed by atoms with Gasteiger partial charge in [0.25, 0.3) is 10.0 Å². The predicted octanol–water partition coefficient (Wildman–Crippen LogP) is 1.99. The lowest BCUT2D eigenvalue weighted by molar-refractivity contribution is 0.0695. The van der Waals surface area contributed by atoms with Gasteiger partial charge in [-0.05, 0) is 24.6 Å². The summed E-state index contributed by atoms with van der Waals surface area (Å²) in [6.45, 7) is 1.60. The first-order valence-corrected chi connectivity index (χ1v) is 8.03.